The molecule has 1 saturated heterocycles. The Bertz CT molecular complexity index is 557. The van der Waals surface area contributed by atoms with Gasteiger partial charge in [-0.15, -0.1) is 0 Å². The number of carbonyl (C=O) groups is 1. The van der Waals surface area contributed by atoms with E-state index in [0.29, 0.717) is 13.0 Å². The monoisotopic (exact) mass is 321 g/mol. The minimum atomic E-state index is -0.530. The summed E-state index contributed by atoms with van der Waals surface area (Å²) < 4.78 is 25.0. The summed E-state index contributed by atoms with van der Waals surface area (Å²) in [5, 5.41) is 2.98. The summed E-state index contributed by atoms with van der Waals surface area (Å²) in [4.78, 5) is 12.3. The van der Waals surface area contributed by atoms with Crippen LogP contribution in [0.5, 0.6) is 0 Å². The van der Waals surface area contributed by atoms with E-state index in [-0.39, 0.29) is 23.9 Å². The molecule has 0 spiro atoms. The lowest BCUT2D eigenvalue weighted by atomic mass is 10.1. The van der Waals surface area contributed by atoms with E-state index in [0.717, 1.165) is 43.4 Å². The van der Waals surface area contributed by atoms with Crippen molar-refractivity contribution in [2.24, 2.45) is 0 Å². The first-order valence-corrected chi connectivity index (χ1v) is 8.46. The molecular weight excluding hydrogens is 297 g/mol. The van der Waals surface area contributed by atoms with Crippen LogP contribution in [0.4, 0.5) is 4.39 Å². The normalized spacial score (nSPS) is 25.0. The van der Waals surface area contributed by atoms with E-state index < -0.39 is 6.10 Å². The van der Waals surface area contributed by atoms with Gasteiger partial charge < -0.3 is 14.8 Å². The van der Waals surface area contributed by atoms with E-state index in [1.807, 2.05) is 6.07 Å². The lowest BCUT2D eigenvalue weighted by Crippen LogP contribution is -2.38. The van der Waals surface area contributed by atoms with Crippen molar-refractivity contribution in [3.8, 4) is 0 Å². The van der Waals surface area contributed by atoms with E-state index in [1.54, 1.807) is 13.0 Å². The van der Waals surface area contributed by atoms with Crippen molar-refractivity contribution >= 4 is 5.91 Å². The molecule has 3 rings (SSSR count). The van der Waals surface area contributed by atoms with Crippen LogP contribution in [-0.2, 0) is 20.7 Å². The first kappa shape index (κ1) is 16.4. The van der Waals surface area contributed by atoms with Gasteiger partial charge in [0.05, 0.1) is 18.8 Å². The summed E-state index contributed by atoms with van der Waals surface area (Å²) in [5.74, 6) is -0.332. The predicted octanol–water partition coefficient (Wildman–Crippen LogP) is 2.90. The van der Waals surface area contributed by atoms with Crippen molar-refractivity contribution in [2.75, 3.05) is 13.2 Å². The molecule has 0 unspecified atom stereocenters. The Morgan fingerprint density at radius 3 is 3.09 bits per heavy atom. The highest BCUT2D eigenvalue weighted by atomic mass is 19.1. The molecule has 1 aromatic rings. The first-order chi connectivity index (χ1) is 11.1. The third-order valence-electron chi connectivity index (χ3n) is 4.71. The number of amides is 1. The van der Waals surface area contributed by atoms with Gasteiger partial charge in [0.15, 0.2) is 0 Å². The van der Waals surface area contributed by atoms with Crippen LogP contribution in [0.25, 0.3) is 0 Å². The van der Waals surface area contributed by atoms with Crippen molar-refractivity contribution in [1.82, 2.24) is 5.32 Å². The van der Waals surface area contributed by atoms with Crippen LogP contribution in [0.2, 0.25) is 0 Å². The van der Waals surface area contributed by atoms with E-state index in [4.69, 9.17) is 9.47 Å². The van der Waals surface area contributed by atoms with Crippen LogP contribution in [0.1, 0.15) is 49.8 Å². The van der Waals surface area contributed by atoms with Gasteiger partial charge in [0.2, 0.25) is 5.91 Å². The maximum absolute atomic E-state index is 13.7. The molecule has 23 heavy (non-hydrogen) atoms. The fraction of sp³-hybridized carbons (Fsp3) is 0.611. The molecule has 0 radical (unpaired) electrons. The average Bonchev–Trinajstić information content (AvgIpc) is 2.98. The van der Waals surface area contributed by atoms with Crippen molar-refractivity contribution < 1.29 is 18.7 Å². The zero-order valence-corrected chi connectivity index (χ0v) is 13.5. The van der Waals surface area contributed by atoms with Gasteiger partial charge in [-0.3, -0.25) is 4.79 Å². The summed E-state index contributed by atoms with van der Waals surface area (Å²) in [5.41, 5.74) is 1.61. The Hall–Kier alpha value is -1.46. The van der Waals surface area contributed by atoms with Gasteiger partial charge in [-0.05, 0) is 56.2 Å². The Balaban J connectivity index is 1.50. The molecule has 126 valence electrons. The summed E-state index contributed by atoms with van der Waals surface area (Å²) in [6, 6.07) is 4.93. The summed E-state index contributed by atoms with van der Waals surface area (Å²) in [6.07, 6.45) is 4.21. The highest BCUT2D eigenvalue weighted by molar-refractivity contribution is 5.81. The number of nitrogens with one attached hydrogen (secondary N) is 1. The molecule has 1 heterocycles. The van der Waals surface area contributed by atoms with Crippen LogP contribution < -0.4 is 5.32 Å². The van der Waals surface area contributed by atoms with Gasteiger partial charge in [-0.1, -0.05) is 12.1 Å². The maximum Gasteiger partial charge on any atom is 0.249 e. The molecule has 1 N–H and O–H groups in total. The number of fused-ring (bicyclic) bond motifs is 1. The van der Waals surface area contributed by atoms with Crippen LogP contribution in [0.3, 0.4) is 0 Å². The average molecular weight is 321 g/mol. The van der Waals surface area contributed by atoms with E-state index in [1.165, 1.54) is 6.07 Å². The second-order valence-electron chi connectivity index (χ2n) is 6.37. The zero-order chi connectivity index (χ0) is 16.2. The van der Waals surface area contributed by atoms with Crippen LogP contribution in [0.15, 0.2) is 18.2 Å². The van der Waals surface area contributed by atoms with Crippen molar-refractivity contribution in [1.29, 1.82) is 0 Å². The third-order valence-corrected chi connectivity index (χ3v) is 4.71. The highest BCUT2D eigenvalue weighted by Gasteiger charge is 2.28. The summed E-state index contributed by atoms with van der Waals surface area (Å²) in [6.45, 7) is 2.98. The highest BCUT2D eigenvalue weighted by Crippen LogP contribution is 2.32. The second kappa shape index (κ2) is 7.41. The van der Waals surface area contributed by atoms with E-state index in [2.05, 4.69) is 5.32 Å². The lowest BCUT2D eigenvalue weighted by molar-refractivity contribution is -0.136. The predicted molar refractivity (Wildman–Crippen MR) is 84.6 cm³/mol. The topological polar surface area (TPSA) is 47.6 Å². The standard InChI is InChI=1S/C18H24FNO3/c1-12(23-11-13-5-2-3-10-22-13)18(21)20-17-9-8-14-15(17)6-4-7-16(14)19/h4,6-7,12-13,17H,2-3,5,8-11H2,1H3,(H,20,21)/t12-,13-,17-/m0/s1. The molecule has 0 saturated carbocycles. The van der Waals surface area contributed by atoms with E-state index >= 15 is 0 Å². The molecule has 5 heteroatoms. The molecule has 1 aliphatic heterocycles. The third kappa shape index (κ3) is 3.90. The number of hydrogen-bond acceptors (Lipinski definition) is 3. The SMILES string of the molecule is C[C@H](OC[C@@H]1CCCCO1)C(=O)N[C@H]1CCc2c(F)cccc21. The Labute approximate surface area is 136 Å². The van der Waals surface area contributed by atoms with Crippen LogP contribution in [-0.4, -0.2) is 31.3 Å². The molecule has 1 aliphatic carbocycles. The van der Waals surface area contributed by atoms with Gasteiger partial charge in [0, 0.05) is 6.61 Å². The molecule has 0 bridgehead atoms. The van der Waals surface area contributed by atoms with Crippen molar-refractivity contribution in [3.63, 3.8) is 0 Å². The molecule has 1 aromatic carbocycles. The number of hydrogen-bond donors (Lipinski definition) is 1. The number of halogens is 1. The van der Waals surface area contributed by atoms with Crippen molar-refractivity contribution in [2.45, 2.75) is 57.3 Å². The summed E-state index contributed by atoms with van der Waals surface area (Å²) in [7, 11) is 0. The van der Waals surface area contributed by atoms with Gasteiger partial charge in [0.25, 0.3) is 0 Å². The van der Waals surface area contributed by atoms with Gasteiger partial charge in [-0.25, -0.2) is 4.39 Å². The second-order valence-corrected chi connectivity index (χ2v) is 6.37. The number of rotatable bonds is 5. The molecule has 1 fully saturated rings. The Morgan fingerprint density at radius 2 is 2.30 bits per heavy atom. The van der Waals surface area contributed by atoms with Gasteiger partial charge in [-0.2, -0.15) is 0 Å². The number of carbonyl (C=O) groups excluding carboxylic acids is 1. The number of ether oxygens (including phenoxy) is 2. The minimum Gasteiger partial charge on any atom is -0.376 e. The zero-order valence-electron chi connectivity index (χ0n) is 13.5. The number of benzene rings is 1. The first-order valence-electron chi connectivity index (χ1n) is 8.46. The summed E-state index contributed by atoms with van der Waals surface area (Å²) >= 11 is 0. The fourth-order valence-electron chi connectivity index (χ4n) is 3.31. The van der Waals surface area contributed by atoms with Crippen LogP contribution in [0, 0.1) is 5.82 Å². The molecule has 3 atom stereocenters. The van der Waals surface area contributed by atoms with Crippen molar-refractivity contribution in [3.05, 3.63) is 35.1 Å². The molecule has 4 nitrogen and oxygen atoms in total. The molecule has 1 amide bonds. The van der Waals surface area contributed by atoms with E-state index in [9.17, 15) is 9.18 Å². The van der Waals surface area contributed by atoms with Gasteiger partial charge >= 0.3 is 0 Å². The Morgan fingerprint density at radius 1 is 1.43 bits per heavy atom. The lowest BCUT2D eigenvalue weighted by Gasteiger charge is -2.24. The molecule has 0 aromatic heterocycles. The minimum absolute atomic E-state index is 0.0975. The quantitative estimate of drug-likeness (QED) is 0.907. The van der Waals surface area contributed by atoms with Crippen LogP contribution >= 0.6 is 0 Å². The van der Waals surface area contributed by atoms with Gasteiger partial charge in [0.1, 0.15) is 11.9 Å². The maximum atomic E-state index is 13.7. The Kier molecular flexibility index (Phi) is 5.28. The fourth-order valence-corrected chi connectivity index (χ4v) is 3.31. The molecule has 2 aliphatic rings. The largest absolute Gasteiger partial charge is 0.376 e. The molecular formula is C18H24FNO3. The smallest absolute Gasteiger partial charge is 0.249 e.